The summed E-state index contributed by atoms with van der Waals surface area (Å²) in [5, 5.41) is 0. The number of hydrogen-bond acceptors (Lipinski definition) is 1. The molecule has 3 aliphatic carbocycles. The molecule has 4 rings (SSSR count). The molecule has 12 heavy (non-hydrogen) atoms. The summed E-state index contributed by atoms with van der Waals surface area (Å²) >= 11 is 0. The van der Waals surface area contributed by atoms with Gasteiger partial charge in [-0.25, -0.2) is 0 Å². The highest BCUT2D eigenvalue weighted by Crippen LogP contribution is 2.69. The normalized spacial score (nSPS) is 46.8. The zero-order valence-corrected chi connectivity index (χ0v) is 8.21. The van der Waals surface area contributed by atoms with Crippen LogP contribution >= 0.6 is 0 Å². The predicted molar refractivity (Wildman–Crippen MR) is 50.0 cm³/mol. The Morgan fingerprint density at radius 2 is 1.75 bits per heavy atom. The molecule has 1 heteroatoms. The number of rotatable bonds is 2. The van der Waals surface area contributed by atoms with Gasteiger partial charge in [0, 0.05) is 19.1 Å². The topological polar surface area (TPSA) is 3.24 Å². The van der Waals surface area contributed by atoms with Crippen LogP contribution in [0.2, 0.25) is 0 Å². The fourth-order valence-corrected chi connectivity index (χ4v) is 3.37. The third kappa shape index (κ3) is 0.736. The van der Waals surface area contributed by atoms with Crippen LogP contribution in [0.15, 0.2) is 0 Å². The lowest BCUT2D eigenvalue weighted by molar-refractivity contribution is -0.192. The molecule has 0 spiro atoms. The minimum Gasteiger partial charge on any atom is -0.300 e. The van der Waals surface area contributed by atoms with E-state index in [1.807, 2.05) is 0 Å². The van der Waals surface area contributed by atoms with Crippen LogP contribution in [0.4, 0.5) is 0 Å². The Bertz CT molecular complexity index is 186. The maximum Gasteiger partial charge on any atom is 0.00388 e. The molecule has 1 saturated heterocycles. The molecule has 4 aliphatic rings. The van der Waals surface area contributed by atoms with Crippen molar-refractivity contribution in [1.29, 1.82) is 0 Å². The zero-order chi connectivity index (χ0) is 8.34. The molecule has 0 atom stereocenters. The van der Waals surface area contributed by atoms with Gasteiger partial charge in [0.05, 0.1) is 0 Å². The monoisotopic (exact) mass is 165 g/mol. The molecule has 0 aromatic heterocycles. The third-order valence-electron chi connectivity index (χ3n) is 4.59. The molecule has 2 bridgehead atoms. The Morgan fingerprint density at radius 3 is 2.08 bits per heavy atom. The van der Waals surface area contributed by atoms with E-state index in [1.165, 1.54) is 13.1 Å². The van der Waals surface area contributed by atoms with Crippen LogP contribution in [0, 0.1) is 17.3 Å². The number of hydrogen-bond donors (Lipinski definition) is 0. The summed E-state index contributed by atoms with van der Waals surface area (Å²) in [6.07, 6.45) is 4.76. The standard InChI is InChI=1S/C11H19N/c1-8(2)12-6-10(7-12)11-3-9(4-11)5-11/h8-10H,3-7H2,1-2H3. The van der Waals surface area contributed by atoms with Gasteiger partial charge in [0.1, 0.15) is 0 Å². The predicted octanol–water partition coefficient (Wildman–Crippen LogP) is 2.13. The molecular weight excluding hydrogens is 146 g/mol. The van der Waals surface area contributed by atoms with Gasteiger partial charge in [-0.3, -0.25) is 0 Å². The second-order valence-electron chi connectivity index (χ2n) is 5.59. The Labute approximate surface area is 75.1 Å². The average Bonchev–Trinajstić information content (AvgIpc) is 1.66. The summed E-state index contributed by atoms with van der Waals surface area (Å²) in [4.78, 5) is 2.62. The highest BCUT2D eigenvalue weighted by Gasteiger charge is 2.62. The van der Waals surface area contributed by atoms with E-state index >= 15 is 0 Å². The zero-order valence-electron chi connectivity index (χ0n) is 8.21. The molecule has 0 amide bonds. The largest absolute Gasteiger partial charge is 0.300 e. The van der Waals surface area contributed by atoms with Crippen LogP contribution in [0.1, 0.15) is 33.1 Å². The maximum absolute atomic E-state index is 2.62. The summed E-state index contributed by atoms with van der Waals surface area (Å²) in [5.41, 5.74) is 0.885. The van der Waals surface area contributed by atoms with Crippen molar-refractivity contribution in [2.45, 2.75) is 39.2 Å². The van der Waals surface area contributed by atoms with Crippen molar-refractivity contribution in [3.63, 3.8) is 0 Å². The molecule has 1 nitrogen and oxygen atoms in total. The lowest BCUT2D eigenvalue weighted by atomic mass is 9.39. The maximum atomic E-state index is 2.62. The van der Waals surface area contributed by atoms with Crippen LogP contribution in [0.5, 0.6) is 0 Å². The number of nitrogens with zero attached hydrogens (tertiary/aromatic N) is 1. The Morgan fingerprint density at radius 1 is 1.17 bits per heavy atom. The van der Waals surface area contributed by atoms with E-state index in [0.717, 1.165) is 23.3 Å². The first-order valence-corrected chi connectivity index (χ1v) is 5.44. The molecule has 3 saturated carbocycles. The molecule has 4 fully saturated rings. The van der Waals surface area contributed by atoms with E-state index in [9.17, 15) is 0 Å². The minimum absolute atomic E-state index is 0.786. The van der Waals surface area contributed by atoms with Gasteiger partial charge in [-0.2, -0.15) is 0 Å². The molecule has 68 valence electrons. The van der Waals surface area contributed by atoms with E-state index in [-0.39, 0.29) is 0 Å². The van der Waals surface area contributed by atoms with Crippen LogP contribution in [0.3, 0.4) is 0 Å². The smallest absolute Gasteiger partial charge is 0.00388 e. The minimum atomic E-state index is 0.786. The van der Waals surface area contributed by atoms with Crippen molar-refractivity contribution in [3.05, 3.63) is 0 Å². The van der Waals surface area contributed by atoms with E-state index < -0.39 is 0 Å². The van der Waals surface area contributed by atoms with Gasteiger partial charge in [-0.15, -0.1) is 0 Å². The molecule has 0 aromatic rings. The van der Waals surface area contributed by atoms with Crippen molar-refractivity contribution in [2.24, 2.45) is 17.3 Å². The molecule has 0 unspecified atom stereocenters. The van der Waals surface area contributed by atoms with Gasteiger partial charge in [0.15, 0.2) is 0 Å². The van der Waals surface area contributed by atoms with Gasteiger partial charge in [0.2, 0.25) is 0 Å². The molecule has 0 radical (unpaired) electrons. The Balaban J connectivity index is 1.56. The van der Waals surface area contributed by atoms with Crippen molar-refractivity contribution >= 4 is 0 Å². The Hall–Kier alpha value is -0.0400. The lowest BCUT2D eigenvalue weighted by Crippen LogP contribution is -2.66. The first-order chi connectivity index (χ1) is 5.70. The molecule has 1 aliphatic heterocycles. The second kappa shape index (κ2) is 2.06. The summed E-state index contributed by atoms with van der Waals surface area (Å²) in [5.74, 6) is 2.25. The fraction of sp³-hybridized carbons (Fsp3) is 1.00. The van der Waals surface area contributed by atoms with Crippen molar-refractivity contribution in [1.82, 2.24) is 4.90 Å². The number of likely N-dealkylation sites (tertiary alicyclic amines) is 1. The summed E-state index contributed by atoms with van der Waals surface area (Å²) < 4.78 is 0. The van der Waals surface area contributed by atoms with Crippen LogP contribution in [-0.2, 0) is 0 Å². The van der Waals surface area contributed by atoms with E-state index in [1.54, 1.807) is 19.3 Å². The van der Waals surface area contributed by atoms with Crippen LogP contribution in [-0.4, -0.2) is 24.0 Å². The third-order valence-corrected chi connectivity index (χ3v) is 4.59. The molecule has 0 aromatic carbocycles. The van der Waals surface area contributed by atoms with Gasteiger partial charge in [0.25, 0.3) is 0 Å². The Kier molecular flexibility index (Phi) is 1.27. The summed E-state index contributed by atoms with van der Waals surface area (Å²) in [6.45, 7) is 7.45. The van der Waals surface area contributed by atoms with Gasteiger partial charge < -0.3 is 4.90 Å². The molecule has 1 heterocycles. The van der Waals surface area contributed by atoms with Gasteiger partial charge in [-0.05, 0) is 50.4 Å². The van der Waals surface area contributed by atoms with Crippen molar-refractivity contribution < 1.29 is 0 Å². The molecule has 0 N–H and O–H groups in total. The first-order valence-electron chi connectivity index (χ1n) is 5.44. The SMILES string of the molecule is CC(C)N1CC(C23CC(C2)C3)C1. The molecular formula is C11H19N. The van der Waals surface area contributed by atoms with Crippen molar-refractivity contribution in [2.75, 3.05) is 13.1 Å². The highest BCUT2D eigenvalue weighted by molar-refractivity contribution is 5.13. The quantitative estimate of drug-likeness (QED) is 0.606. The highest BCUT2D eigenvalue weighted by atomic mass is 15.2. The lowest BCUT2D eigenvalue weighted by Gasteiger charge is -2.69. The summed E-state index contributed by atoms with van der Waals surface area (Å²) in [7, 11) is 0. The average molecular weight is 165 g/mol. The van der Waals surface area contributed by atoms with Crippen molar-refractivity contribution in [3.8, 4) is 0 Å². The van der Waals surface area contributed by atoms with E-state index in [2.05, 4.69) is 18.7 Å². The van der Waals surface area contributed by atoms with Gasteiger partial charge >= 0.3 is 0 Å². The van der Waals surface area contributed by atoms with Crippen LogP contribution < -0.4 is 0 Å². The van der Waals surface area contributed by atoms with Gasteiger partial charge in [-0.1, -0.05) is 0 Å². The fourth-order valence-electron chi connectivity index (χ4n) is 3.37. The van der Waals surface area contributed by atoms with Crippen LogP contribution in [0.25, 0.3) is 0 Å². The van der Waals surface area contributed by atoms with E-state index in [0.29, 0.717) is 0 Å². The first kappa shape index (κ1) is 7.37. The summed E-state index contributed by atoms with van der Waals surface area (Å²) in [6, 6.07) is 0.786. The van der Waals surface area contributed by atoms with E-state index in [4.69, 9.17) is 0 Å². The second-order valence-corrected chi connectivity index (χ2v) is 5.59.